The van der Waals surface area contributed by atoms with Crippen molar-refractivity contribution in [3.63, 3.8) is 0 Å². The molecule has 0 saturated carbocycles. The van der Waals surface area contributed by atoms with Crippen molar-refractivity contribution in [1.29, 1.82) is 0 Å². The molecule has 0 saturated heterocycles. The summed E-state index contributed by atoms with van der Waals surface area (Å²) in [6.45, 7) is 12.7. The molecular formula is C16H24FN3. The second-order valence-corrected chi connectivity index (χ2v) is 7.45. The van der Waals surface area contributed by atoms with Gasteiger partial charge in [-0.1, -0.05) is 20.8 Å². The number of benzene rings is 1. The lowest BCUT2D eigenvalue weighted by atomic mass is 9.81. The Hall–Kier alpha value is -1.58. The van der Waals surface area contributed by atoms with Crippen molar-refractivity contribution in [2.75, 3.05) is 5.73 Å². The number of rotatable bonds is 2. The second kappa shape index (κ2) is 4.47. The summed E-state index contributed by atoms with van der Waals surface area (Å²) in [4.78, 5) is 4.31. The maximum absolute atomic E-state index is 13.7. The van der Waals surface area contributed by atoms with Gasteiger partial charge in [-0.25, -0.2) is 9.37 Å². The summed E-state index contributed by atoms with van der Waals surface area (Å²) >= 11 is 0. The van der Waals surface area contributed by atoms with Gasteiger partial charge < -0.3 is 10.3 Å². The van der Waals surface area contributed by atoms with Crippen molar-refractivity contribution >= 4 is 17.0 Å². The smallest absolute Gasteiger partial charge is 0.201 e. The zero-order valence-corrected chi connectivity index (χ0v) is 13.2. The van der Waals surface area contributed by atoms with E-state index in [9.17, 15) is 4.39 Å². The Morgan fingerprint density at radius 1 is 1.20 bits per heavy atom. The zero-order chi connectivity index (χ0) is 15.3. The van der Waals surface area contributed by atoms with Crippen molar-refractivity contribution in [1.82, 2.24) is 9.55 Å². The summed E-state index contributed by atoms with van der Waals surface area (Å²) in [6, 6.07) is 3.29. The molecule has 4 heteroatoms. The molecule has 0 aliphatic heterocycles. The molecule has 0 aliphatic rings. The number of nitrogens with two attached hydrogens (primary N) is 1. The van der Waals surface area contributed by atoms with E-state index in [1.165, 1.54) is 6.07 Å². The third kappa shape index (κ3) is 2.65. The van der Waals surface area contributed by atoms with Crippen molar-refractivity contribution in [2.24, 2.45) is 5.41 Å². The number of anilines is 1. The topological polar surface area (TPSA) is 43.8 Å². The molecule has 0 spiro atoms. The molecule has 2 aromatic rings. The summed E-state index contributed by atoms with van der Waals surface area (Å²) in [6.07, 6.45) is 0.950. The van der Waals surface area contributed by atoms with Crippen LogP contribution in [-0.4, -0.2) is 9.55 Å². The largest absolute Gasteiger partial charge is 0.369 e. The lowest BCUT2D eigenvalue weighted by Gasteiger charge is -2.34. The molecule has 20 heavy (non-hydrogen) atoms. The van der Waals surface area contributed by atoms with Gasteiger partial charge in [0, 0.05) is 11.6 Å². The molecule has 2 rings (SSSR count). The van der Waals surface area contributed by atoms with E-state index in [0.717, 1.165) is 11.9 Å². The van der Waals surface area contributed by atoms with Crippen LogP contribution in [-0.2, 0) is 5.54 Å². The molecule has 0 radical (unpaired) electrons. The average Bonchev–Trinajstić information content (AvgIpc) is 2.51. The molecule has 0 atom stereocenters. The predicted octanol–water partition coefficient (Wildman–Crippen LogP) is 4.24. The van der Waals surface area contributed by atoms with E-state index in [-0.39, 0.29) is 16.8 Å². The Morgan fingerprint density at radius 3 is 2.35 bits per heavy atom. The average molecular weight is 277 g/mol. The molecule has 0 unspecified atom stereocenters. The SMILES string of the molecule is Cc1cc2c(cc1F)nc(N)n2C(C)(C)CC(C)(C)C. The minimum atomic E-state index is -0.240. The van der Waals surface area contributed by atoms with Gasteiger partial charge in [-0.15, -0.1) is 0 Å². The minimum Gasteiger partial charge on any atom is -0.369 e. The fourth-order valence-corrected chi connectivity index (χ4v) is 3.23. The first kappa shape index (κ1) is 14.8. The summed E-state index contributed by atoms with van der Waals surface area (Å²) in [5.74, 6) is 0.204. The Labute approximate surface area is 120 Å². The van der Waals surface area contributed by atoms with Crippen LogP contribution < -0.4 is 5.73 Å². The first-order valence-corrected chi connectivity index (χ1v) is 6.96. The molecule has 110 valence electrons. The predicted molar refractivity (Wildman–Crippen MR) is 82.2 cm³/mol. The molecule has 1 aromatic heterocycles. The number of aryl methyl sites for hydroxylation is 1. The van der Waals surface area contributed by atoms with E-state index in [0.29, 0.717) is 17.0 Å². The third-order valence-corrected chi connectivity index (χ3v) is 3.53. The van der Waals surface area contributed by atoms with Gasteiger partial charge in [-0.2, -0.15) is 0 Å². The lowest BCUT2D eigenvalue weighted by Crippen LogP contribution is -2.32. The maximum atomic E-state index is 13.7. The Kier molecular flexibility index (Phi) is 3.31. The van der Waals surface area contributed by atoms with Crippen LogP contribution in [0.2, 0.25) is 0 Å². The molecule has 3 nitrogen and oxygen atoms in total. The maximum Gasteiger partial charge on any atom is 0.201 e. The van der Waals surface area contributed by atoms with Gasteiger partial charge in [-0.3, -0.25) is 0 Å². The van der Waals surface area contributed by atoms with Gasteiger partial charge in [-0.05, 0) is 44.2 Å². The molecule has 0 aliphatic carbocycles. The molecule has 1 heterocycles. The van der Waals surface area contributed by atoms with E-state index in [1.54, 1.807) is 6.92 Å². The highest BCUT2D eigenvalue weighted by molar-refractivity contribution is 5.79. The third-order valence-electron chi connectivity index (χ3n) is 3.53. The van der Waals surface area contributed by atoms with Crippen LogP contribution >= 0.6 is 0 Å². The fraction of sp³-hybridized carbons (Fsp3) is 0.562. The second-order valence-electron chi connectivity index (χ2n) is 7.45. The van der Waals surface area contributed by atoms with Gasteiger partial charge in [0.1, 0.15) is 5.82 Å². The van der Waals surface area contributed by atoms with E-state index in [1.807, 2.05) is 10.6 Å². The van der Waals surface area contributed by atoms with Crippen LogP contribution in [0.25, 0.3) is 11.0 Å². The highest BCUT2D eigenvalue weighted by Gasteiger charge is 2.30. The quantitative estimate of drug-likeness (QED) is 0.892. The molecule has 1 aromatic carbocycles. The van der Waals surface area contributed by atoms with E-state index in [4.69, 9.17) is 5.73 Å². The monoisotopic (exact) mass is 277 g/mol. The first-order valence-electron chi connectivity index (χ1n) is 6.96. The number of nitrogen functional groups attached to an aromatic ring is 1. The van der Waals surface area contributed by atoms with Crippen LogP contribution in [0.3, 0.4) is 0 Å². The number of hydrogen-bond acceptors (Lipinski definition) is 2. The zero-order valence-electron chi connectivity index (χ0n) is 13.2. The summed E-state index contributed by atoms with van der Waals surface area (Å²) in [7, 11) is 0. The molecule has 0 fully saturated rings. The fourth-order valence-electron chi connectivity index (χ4n) is 3.23. The number of hydrogen-bond donors (Lipinski definition) is 1. The van der Waals surface area contributed by atoms with Crippen LogP contribution in [0.15, 0.2) is 12.1 Å². The number of imidazole rings is 1. The van der Waals surface area contributed by atoms with Gasteiger partial charge >= 0.3 is 0 Å². The molecular weight excluding hydrogens is 253 g/mol. The van der Waals surface area contributed by atoms with Gasteiger partial charge in [0.2, 0.25) is 5.95 Å². The minimum absolute atomic E-state index is 0.168. The summed E-state index contributed by atoms with van der Waals surface area (Å²) in [5, 5.41) is 0. The van der Waals surface area contributed by atoms with Crippen molar-refractivity contribution in [3.05, 3.63) is 23.5 Å². The van der Waals surface area contributed by atoms with Gasteiger partial charge in [0.15, 0.2) is 0 Å². The Morgan fingerprint density at radius 2 is 1.80 bits per heavy atom. The lowest BCUT2D eigenvalue weighted by molar-refractivity contribution is 0.222. The number of fused-ring (bicyclic) bond motifs is 1. The molecule has 0 bridgehead atoms. The van der Waals surface area contributed by atoms with Crippen molar-refractivity contribution in [2.45, 2.75) is 53.5 Å². The van der Waals surface area contributed by atoms with Crippen molar-refractivity contribution in [3.8, 4) is 0 Å². The molecule has 0 amide bonds. The van der Waals surface area contributed by atoms with Gasteiger partial charge in [0.05, 0.1) is 11.0 Å². The van der Waals surface area contributed by atoms with E-state index in [2.05, 4.69) is 39.6 Å². The van der Waals surface area contributed by atoms with Crippen LogP contribution in [0.1, 0.15) is 46.6 Å². The first-order chi connectivity index (χ1) is 9.01. The summed E-state index contributed by atoms with van der Waals surface area (Å²) < 4.78 is 15.7. The Bertz CT molecular complexity index is 648. The molecule has 2 N–H and O–H groups in total. The number of nitrogens with zero attached hydrogens (tertiary/aromatic N) is 2. The standard InChI is InChI=1S/C16H24FN3/c1-10-7-13-12(8-11(10)17)19-14(18)20(13)16(5,6)9-15(2,3)4/h7-8H,9H2,1-6H3,(H2,18,19). The summed E-state index contributed by atoms with van der Waals surface area (Å²) in [5.41, 5.74) is 8.21. The van der Waals surface area contributed by atoms with Gasteiger partial charge in [0.25, 0.3) is 0 Å². The number of aromatic nitrogens is 2. The number of halogens is 1. The van der Waals surface area contributed by atoms with E-state index < -0.39 is 0 Å². The van der Waals surface area contributed by atoms with E-state index >= 15 is 0 Å². The normalized spacial score (nSPS) is 13.2. The highest BCUT2D eigenvalue weighted by Crippen LogP contribution is 2.36. The van der Waals surface area contributed by atoms with Crippen LogP contribution in [0.4, 0.5) is 10.3 Å². The Balaban J connectivity index is 2.64. The van der Waals surface area contributed by atoms with Crippen LogP contribution in [0.5, 0.6) is 0 Å². The van der Waals surface area contributed by atoms with Crippen LogP contribution in [0, 0.1) is 18.2 Å². The highest BCUT2D eigenvalue weighted by atomic mass is 19.1. The van der Waals surface area contributed by atoms with Crippen molar-refractivity contribution < 1.29 is 4.39 Å².